The van der Waals surface area contributed by atoms with Crippen LogP contribution in [-0.2, 0) is 19.9 Å². The van der Waals surface area contributed by atoms with E-state index in [2.05, 4.69) is 53.2 Å². The minimum atomic E-state index is 0.337. The molecule has 0 spiro atoms. The van der Waals surface area contributed by atoms with Crippen LogP contribution >= 0.6 is 27.3 Å². The summed E-state index contributed by atoms with van der Waals surface area (Å²) in [5, 5.41) is 8.02. The molecule has 0 bridgehead atoms. The SMILES string of the molecule is CCc1nn(C)c(CC(NC)c2cc(C)c(C)s2)c1Br. The average molecular weight is 356 g/mol. The second kappa shape index (κ2) is 6.41. The summed E-state index contributed by atoms with van der Waals surface area (Å²) in [6, 6.07) is 2.63. The quantitative estimate of drug-likeness (QED) is 0.880. The number of rotatable bonds is 5. The summed E-state index contributed by atoms with van der Waals surface area (Å²) in [6.07, 6.45) is 1.90. The molecule has 3 nitrogen and oxygen atoms in total. The number of hydrogen-bond donors (Lipinski definition) is 1. The summed E-state index contributed by atoms with van der Waals surface area (Å²) in [6.45, 7) is 6.50. The summed E-state index contributed by atoms with van der Waals surface area (Å²) in [7, 11) is 4.05. The molecule has 2 aromatic heterocycles. The number of nitrogens with zero attached hydrogens (tertiary/aromatic N) is 2. The number of thiophene rings is 1. The molecule has 0 saturated heterocycles. The lowest BCUT2D eigenvalue weighted by Gasteiger charge is -2.15. The maximum atomic E-state index is 4.58. The van der Waals surface area contributed by atoms with E-state index >= 15 is 0 Å². The Balaban J connectivity index is 2.29. The highest BCUT2D eigenvalue weighted by atomic mass is 79.9. The van der Waals surface area contributed by atoms with Gasteiger partial charge in [0.2, 0.25) is 0 Å². The van der Waals surface area contributed by atoms with Gasteiger partial charge in [-0.15, -0.1) is 11.3 Å². The fourth-order valence-corrected chi connectivity index (χ4v) is 4.28. The van der Waals surface area contributed by atoms with Gasteiger partial charge in [-0.2, -0.15) is 5.10 Å². The van der Waals surface area contributed by atoms with Crippen molar-refractivity contribution < 1.29 is 0 Å². The molecule has 0 aromatic carbocycles. The van der Waals surface area contributed by atoms with Crippen molar-refractivity contribution in [3.05, 3.63) is 37.2 Å². The van der Waals surface area contributed by atoms with Crippen LogP contribution in [0.1, 0.15) is 39.7 Å². The normalized spacial score (nSPS) is 12.9. The van der Waals surface area contributed by atoms with E-state index in [1.54, 1.807) is 0 Å². The molecule has 0 aliphatic heterocycles. The van der Waals surface area contributed by atoms with E-state index in [9.17, 15) is 0 Å². The lowest BCUT2D eigenvalue weighted by Crippen LogP contribution is -2.19. The lowest BCUT2D eigenvalue weighted by atomic mass is 10.1. The zero-order chi connectivity index (χ0) is 14.9. The number of nitrogens with one attached hydrogen (secondary N) is 1. The molecule has 0 aliphatic rings. The Morgan fingerprint density at radius 3 is 2.60 bits per heavy atom. The van der Waals surface area contributed by atoms with Crippen LogP contribution in [0.4, 0.5) is 0 Å². The van der Waals surface area contributed by atoms with Crippen molar-refractivity contribution >= 4 is 27.3 Å². The molecule has 0 radical (unpaired) electrons. The first-order chi connectivity index (χ1) is 9.47. The van der Waals surface area contributed by atoms with E-state index in [-0.39, 0.29) is 0 Å². The summed E-state index contributed by atoms with van der Waals surface area (Å²) in [5.74, 6) is 0. The molecule has 1 unspecified atom stereocenters. The van der Waals surface area contributed by atoms with Crippen LogP contribution in [0.15, 0.2) is 10.5 Å². The molecule has 0 fully saturated rings. The van der Waals surface area contributed by atoms with Crippen molar-refractivity contribution in [2.45, 2.75) is 39.7 Å². The van der Waals surface area contributed by atoms with Crippen molar-refractivity contribution in [3.63, 3.8) is 0 Å². The minimum Gasteiger partial charge on any atom is -0.312 e. The zero-order valence-corrected chi connectivity index (χ0v) is 15.2. The van der Waals surface area contributed by atoms with Crippen LogP contribution in [0.3, 0.4) is 0 Å². The standard InChI is InChI=1S/C15H22BrN3S/c1-6-11-15(16)13(19(5)18-11)8-12(17-4)14-7-9(2)10(3)20-14/h7,12,17H,6,8H2,1-5H3. The van der Waals surface area contributed by atoms with E-state index < -0.39 is 0 Å². The fourth-order valence-electron chi connectivity index (χ4n) is 2.35. The fraction of sp³-hybridized carbons (Fsp3) is 0.533. The van der Waals surface area contributed by atoms with E-state index in [1.807, 2.05) is 30.1 Å². The highest BCUT2D eigenvalue weighted by Crippen LogP contribution is 2.31. The largest absolute Gasteiger partial charge is 0.312 e. The molecule has 0 saturated carbocycles. The molecule has 0 aliphatic carbocycles. The number of hydrogen-bond acceptors (Lipinski definition) is 3. The smallest absolute Gasteiger partial charge is 0.0766 e. The van der Waals surface area contributed by atoms with Gasteiger partial charge in [-0.05, 0) is 54.9 Å². The van der Waals surface area contributed by atoms with Crippen molar-refractivity contribution in [3.8, 4) is 0 Å². The Kier molecular flexibility index (Phi) is 5.04. The third-order valence-corrected chi connectivity index (χ3v) is 5.96. The van der Waals surface area contributed by atoms with Crippen molar-refractivity contribution in [1.82, 2.24) is 15.1 Å². The van der Waals surface area contributed by atoms with Gasteiger partial charge in [-0.25, -0.2) is 0 Å². The number of likely N-dealkylation sites (N-methyl/N-ethyl adjacent to an activating group) is 1. The molecular weight excluding hydrogens is 334 g/mol. The van der Waals surface area contributed by atoms with Crippen LogP contribution in [-0.4, -0.2) is 16.8 Å². The molecular formula is C15H22BrN3S. The summed E-state index contributed by atoms with van der Waals surface area (Å²) in [5.41, 5.74) is 3.77. The maximum Gasteiger partial charge on any atom is 0.0766 e. The topological polar surface area (TPSA) is 29.9 Å². The van der Waals surface area contributed by atoms with Gasteiger partial charge in [0.1, 0.15) is 0 Å². The van der Waals surface area contributed by atoms with Crippen molar-refractivity contribution in [1.29, 1.82) is 0 Å². The molecule has 2 aromatic rings. The van der Waals surface area contributed by atoms with Gasteiger partial charge in [0.25, 0.3) is 0 Å². The molecule has 110 valence electrons. The van der Waals surface area contributed by atoms with E-state index in [0.717, 1.165) is 23.0 Å². The molecule has 0 amide bonds. The Morgan fingerprint density at radius 2 is 2.15 bits per heavy atom. The molecule has 5 heteroatoms. The van der Waals surface area contributed by atoms with Crippen LogP contribution in [0.5, 0.6) is 0 Å². The van der Waals surface area contributed by atoms with Crippen molar-refractivity contribution in [2.24, 2.45) is 7.05 Å². The molecule has 1 N–H and O–H groups in total. The average Bonchev–Trinajstić information content (AvgIpc) is 2.88. The Hall–Kier alpha value is -0.650. The van der Waals surface area contributed by atoms with E-state index in [0.29, 0.717) is 6.04 Å². The number of aromatic nitrogens is 2. The lowest BCUT2D eigenvalue weighted by molar-refractivity contribution is 0.567. The second-order valence-corrected chi connectivity index (χ2v) is 7.20. The van der Waals surface area contributed by atoms with Gasteiger partial charge in [-0.1, -0.05) is 6.92 Å². The van der Waals surface area contributed by atoms with Crippen LogP contribution in [0, 0.1) is 13.8 Å². The third kappa shape index (κ3) is 3.00. The van der Waals surface area contributed by atoms with Crippen LogP contribution in [0.2, 0.25) is 0 Å². The Morgan fingerprint density at radius 1 is 1.45 bits per heavy atom. The monoisotopic (exact) mass is 355 g/mol. The van der Waals surface area contributed by atoms with Gasteiger partial charge in [0, 0.05) is 29.3 Å². The Labute approximate surface area is 133 Å². The van der Waals surface area contributed by atoms with Crippen LogP contribution < -0.4 is 5.32 Å². The van der Waals surface area contributed by atoms with Crippen molar-refractivity contribution in [2.75, 3.05) is 7.05 Å². The highest BCUT2D eigenvalue weighted by molar-refractivity contribution is 9.10. The molecule has 2 heterocycles. The predicted molar refractivity (Wildman–Crippen MR) is 89.6 cm³/mol. The number of aryl methyl sites for hydroxylation is 4. The number of halogens is 1. The van der Waals surface area contributed by atoms with E-state index in [1.165, 1.54) is 21.0 Å². The minimum absolute atomic E-state index is 0.337. The second-order valence-electron chi connectivity index (χ2n) is 5.12. The zero-order valence-electron chi connectivity index (χ0n) is 12.7. The first kappa shape index (κ1) is 15.7. The first-order valence-electron chi connectivity index (χ1n) is 6.92. The van der Waals surface area contributed by atoms with Gasteiger partial charge in [0.15, 0.2) is 0 Å². The van der Waals surface area contributed by atoms with Gasteiger partial charge < -0.3 is 5.32 Å². The highest BCUT2D eigenvalue weighted by Gasteiger charge is 2.19. The predicted octanol–water partition coefficient (Wildman–Crippen LogP) is 3.93. The third-order valence-electron chi connectivity index (χ3n) is 3.78. The molecule has 1 atom stereocenters. The van der Waals surface area contributed by atoms with E-state index in [4.69, 9.17) is 0 Å². The molecule has 2 rings (SSSR count). The van der Waals surface area contributed by atoms with Gasteiger partial charge in [-0.3, -0.25) is 4.68 Å². The van der Waals surface area contributed by atoms with Gasteiger partial charge >= 0.3 is 0 Å². The maximum absolute atomic E-state index is 4.58. The Bertz CT molecular complexity index is 581. The van der Waals surface area contributed by atoms with Gasteiger partial charge in [0.05, 0.1) is 15.9 Å². The first-order valence-corrected chi connectivity index (χ1v) is 8.53. The molecule has 20 heavy (non-hydrogen) atoms. The summed E-state index contributed by atoms with van der Waals surface area (Å²) in [4.78, 5) is 2.80. The van der Waals surface area contributed by atoms with Crippen LogP contribution in [0.25, 0.3) is 0 Å². The summed E-state index contributed by atoms with van der Waals surface area (Å²) >= 11 is 5.59. The summed E-state index contributed by atoms with van der Waals surface area (Å²) < 4.78 is 3.16.